The summed E-state index contributed by atoms with van der Waals surface area (Å²) < 4.78 is 5.54. The number of carbonyl (C=O) groups is 2. The number of imide groups is 1. The number of hydrogen-bond acceptors (Lipinski definition) is 9. The number of phenols is 1. The fourth-order valence-corrected chi connectivity index (χ4v) is 3.40. The Labute approximate surface area is 222 Å². The molecular weight excluding hydrogens is 484 g/mol. The maximum Gasteiger partial charge on any atom is 0.260 e. The second-order valence-corrected chi connectivity index (χ2v) is 8.00. The molecule has 1 heterocycles. The van der Waals surface area contributed by atoms with E-state index in [2.05, 4.69) is 21.9 Å². The van der Waals surface area contributed by atoms with Gasteiger partial charge in [-0.15, -0.1) is 0 Å². The van der Waals surface area contributed by atoms with E-state index in [1.807, 2.05) is 27.7 Å². The van der Waals surface area contributed by atoms with Gasteiger partial charge >= 0.3 is 0 Å². The molecule has 1 aromatic heterocycles. The second kappa shape index (κ2) is 14.1. The SMILES string of the molecule is C=CC(=O)N(CCNc1ncnc(N)c1C(=N)c1ccc(OC(C)C)c(O)c1)C(=O)c1ccccc1.CC. The summed E-state index contributed by atoms with van der Waals surface area (Å²) in [5, 5.41) is 22.0. The van der Waals surface area contributed by atoms with Gasteiger partial charge in [0.05, 0.1) is 17.4 Å². The van der Waals surface area contributed by atoms with Crippen molar-refractivity contribution in [2.24, 2.45) is 0 Å². The summed E-state index contributed by atoms with van der Waals surface area (Å²) in [7, 11) is 0. The molecule has 3 rings (SSSR count). The first kappa shape index (κ1) is 29.5. The number of nitrogens with zero attached hydrogens (tertiary/aromatic N) is 3. The molecule has 200 valence electrons. The van der Waals surface area contributed by atoms with Gasteiger partial charge in [0.25, 0.3) is 11.8 Å². The van der Waals surface area contributed by atoms with Gasteiger partial charge in [0.2, 0.25) is 0 Å². The van der Waals surface area contributed by atoms with Crippen molar-refractivity contribution in [1.82, 2.24) is 14.9 Å². The van der Waals surface area contributed by atoms with Crippen LogP contribution < -0.4 is 15.8 Å². The van der Waals surface area contributed by atoms with Gasteiger partial charge in [0, 0.05) is 24.2 Å². The Morgan fingerprint density at radius 1 is 1.16 bits per heavy atom. The standard InChI is InChI=1S/C26H28N6O4.C2H6/c1-4-21(34)32(26(35)17-8-6-5-7-9-17)13-12-29-25-22(24(28)30-15-31-25)23(27)18-10-11-20(19(33)14-18)36-16(2)3;1-2/h4-11,14-16,27,33H,1,12-13H2,2-3H3,(H3,28,29,30,31);1-2H3. The number of phenolic OH excluding ortho intramolecular Hbond substituents is 1. The highest BCUT2D eigenvalue weighted by atomic mass is 16.5. The molecule has 3 aromatic rings. The molecule has 5 N–H and O–H groups in total. The zero-order valence-electron chi connectivity index (χ0n) is 22.1. The zero-order valence-corrected chi connectivity index (χ0v) is 22.1. The van der Waals surface area contributed by atoms with Crippen molar-refractivity contribution >= 4 is 29.2 Å². The van der Waals surface area contributed by atoms with E-state index < -0.39 is 11.8 Å². The predicted octanol–water partition coefficient (Wildman–Crippen LogP) is 4.26. The summed E-state index contributed by atoms with van der Waals surface area (Å²) in [5.74, 6) is -0.524. The number of anilines is 2. The molecule has 10 nitrogen and oxygen atoms in total. The number of ether oxygens (including phenoxy) is 1. The molecule has 0 saturated heterocycles. The van der Waals surface area contributed by atoms with Crippen molar-refractivity contribution in [2.45, 2.75) is 33.8 Å². The maximum atomic E-state index is 12.8. The number of hydrogen-bond donors (Lipinski definition) is 4. The average Bonchev–Trinajstić information content (AvgIpc) is 2.92. The van der Waals surface area contributed by atoms with Gasteiger partial charge in [0.15, 0.2) is 11.5 Å². The number of aromatic nitrogens is 2. The molecule has 0 aliphatic heterocycles. The Morgan fingerprint density at radius 3 is 2.45 bits per heavy atom. The predicted molar refractivity (Wildman–Crippen MR) is 149 cm³/mol. The van der Waals surface area contributed by atoms with Gasteiger partial charge in [-0.1, -0.05) is 38.6 Å². The van der Waals surface area contributed by atoms with E-state index in [1.54, 1.807) is 42.5 Å². The van der Waals surface area contributed by atoms with Crippen LogP contribution in [0.3, 0.4) is 0 Å². The smallest absolute Gasteiger partial charge is 0.260 e. The maximum absolute atomic E-state index is 12.8. The third-order valence-electron chi connectivity index (χ3n) is 5.07. The molecule has 0 fully saturated rings. The molecule has 2 aromatic carbocycles. The van der Waals surface area contributed by atoms with Gasteiger partial charge in [-0.25, -0.2) is 9.97 Å². The number of nitrogens with one attached hydrogen (secondary N) is 2. The molecule has 38 heavy (non-hydrogen) atoms. The Bertz CT molecular complexity index is 1280. The highest BCUT2D eigenvalue weighted by Crippen LogP contribution is 2.30. The van der Waals surface area contributed by atoms with E-state index in [9.17, 15) is 14.7 Å². The third kappa shape index (κ3) is 7.39. The Balaban J connectivity index is 0.00000247. The molecular formula is C28H34N6O4. The monoisotopic (exact) mass is 518 g/mol. The Hall–Kier alpha value is -4.73. The van der Waals surface area contributed by atoms with Crippen LogP contribution in [0.2, 0.25) is 0 Å². The van der Waals surface area contributed by atoms with Gasteiger partial charge in [-0.3, -0.25) is 19.9 Å². The van der Waals surface area contributed by atoms with Gasteiger partial charge in [0.1, 0.15) is 18.0 Å². The van der Waals surface area contributed by atoms with Gasteiger partial charge < -0.3 is 20.9 Å². The number of amides is 2. The molecule has 0 unspecified atom stereocenters. The van der Waals surface area contributed by atoms with Crippen molar-refractivity contribution in [1.29, 1.82) is 5.41 Å². The van der Waals surface area contributed by atoms with Crippen LogP contribution in [-0.4, -0.2) is 56.7 Å². The van der Waals surface area contributed by atoms with Crippen LogP contribution in [0.15, 0.2) is 67.5 Å². The van der Waals surface area contributed by atoms with E-state index in [0.29, 0.717) is 16.9 Å². The molecule has 0 bridgehead atoms. The molecule has 0 aliphatic carbocycles. The normalized spacial score (nSPS) is 10.1. The van der Waals surface area contributed by atoms with E-state index >= 15 is 0 Å². The summed E-state index contributed by atoms with van der Waals surface area (Å²) in [4.78, 5) is 34.4. The first-order valence-corrected chi connectivity index (χ1v) is 12.2. The summed E-state index contributed by atoms with van der Waals surface area (Å²) in [6, 6.07) is 13.0. The Morgan fingerprint density at radius 2 is 1.84 bits per heavy atom. The number of nitrogen functional groups attached to an aromatic ring is 1. The minimum Gasteiger partial charge on any atom is -0.504 e. The summed E-state index contributed by atoms with van der Waals surface area (Å²) in [6.45, 7) is 11.3. The van der Waals surface area contributed by atoms with E-state index in [0.717, 1.165) is 11.0 Å². The molecule has 0 atom stereocenters. The van der Waals surface area contributed by atoms with Gasteiger partial charge in [-0.05, 0) is 50.3 Å². The van der Waals surface area contributed by atoms with Crippen LogP contribution >= 0.6 is 0 Å². The van der Waals surface area contributed by atoms with Crippen molar-refractivity contribution in [3.63, 3.8) is 0 Å². The number of rotatable bonds is 10. The molecule has 0 spiro atoms. The second-order valence-electron chi connectivity index (χ2n) is 8.00. The molecule has 10 heteroatoms. The van der Waals surface area contributed by atoms with Crippen LogP contribution in [-0.2, 0) is 4.79 Å². The quantitative estimate of drug-likeness (QED) is 0.229. The molecule has 0 saturated carbocycles. The lowest BCUT2D eigenvalue weighted by Gasteiger charge is -2.20. The van der Waals surface area contributed by atoms with Crippen molar-refractivity contribution in [3.8, 4) is 11.5 Å². The highest BCUT2D eigenvalue weighted by Gasteiger charge is 2.22. The minimum atomic E-state index is -0.542. The van der Waals surface area contributed by atoms with Crippen LogP contribution in [0.1, 0.15) is 49.2 Å². The van der Waals surface area contributed by atoms with Crippen molar-refractivity contribution in [2.75, 3.05) is 24.1 Å². The number of nitrogens with two attached hydrogens (primary N) is 1. The lowest BCUT2D eigenvalue weighted by Crippen LogP contribution is -2.39. The van der Waals surface area contributed by atoms with E-state index in [4.69, 9.17) is 15.9 Å². The van der Waals surface area contributed by atoms with Gasteiger partial charge in [-0.2, -0.15) is 0 Å². The van der Waals surface area contributed by atoms with E-state index in [-0.39, 0.29) is 47.9 Å². The number of aromatic hydroxyl groups is 1. The zero-order chi connectivity index (χ0) is 28.2. The third-order valence-corrected chi connectivity index (χ3v) is 5.07. The van der Waals surface area contributed by atoms with Crippen LogP contribution in [0.4, 0.5) is 11.6 Å². The van der Waals surface area contributed by atoms with Crippen LogP contribution in [0.25, 0.3) is 0 Å². The largest absolute Gasteiger partial charge is 0.504 e. The minimum absolute atomic E-state index is 0.0112. The fraction of sp³-hybridized carbons (Fsp3) is 0.250. The number of benzene rings is 2. The van der Waals surface area contributed by atoms with Crippen molar-refractivity contribution in [3.05, 3.63) is 84.2 Å². The first-order valence-electron chi connectivity index (χ1n) is 12.2. The number of carbonyl (C=O) groups excluding carboxylic acids is 2. The molecule has 0 radical (unpaired) electrons. The topological polar surface area (TPSA) is 155 Å². The first-order chi connectivity index (χ1) is 18.2. The van der Waals surface area contributed by atoms with Crippen LogP contribution in [0, 0.1) is 5.41 Å². The van der Waals surface area contributed by atoms with E-state index in [1.165, 1.54) is 12.4 Å². The summed E-state index contributed by atoms with van der Waals surface area (Å²) >= 11 is 0. The van der Waals surface area contributed by atoms with Crippen LogP contribution in [0.5, 0.6) is 11.5 Å². The lowest BCUT2D eigenvalue weighted by atomic mass is 10.0. The Kier molecular flexibility index (Phi) is 11.0. The molecule has 0 aliphatic rings. The summed E-state index contributed by atoms with van der Waals surface area (Å²) in [6.07, 6.45) is 2.19. The fourth-order valence-electron chi connectivity index (χ4n) is 3.40. The highest BCUT2D eigenvalue weighted by molar-refractivity contribution is 6.16. The average molecular weight is 519 g/mol. The molecule has 2 amide bonds. The summed E-state index contributed by atoms with van der Waals surface area (Å²) in [5.41, 5.74) is 6.99. The van der Waals surface area contributed by atoms with Crippen molar-refractivity contribution < 1.29 is 19.4 Å². The lowest BCUT2D eigenvalue weighted by molar-refractivity contribution is -0.123.